The first kappa shape index (κ1) is 34.3. The molecule has 250 valence electrons. The Labute approximate surface area is 274 Å². The summed E-state index contributed by atoms with van der Waals surface area (Å²) in [5.41, 5.74) is 1.82. The zero-order valence-corrected chi connectivity index (χ0v) is 26.4. The molecule has 1 aliphatic carbocycles. The minimum atomic E-state index is -4.88. The Hall–Kier alpha value is -5.06. The number of hydrogen-bond acceptors (Lipinski definition) is 7. The molecular weight excluding hydrogens is 630 g/mol. The second-order valence-electron chi connectivity index (χ2n) is 12.5. The van der Waals surface area contributed by atoms with Gasteiger partial charge in [-0.05, 0) is 92.6 Å². The van der Waals surface area contributed by atoms with Gasteiger partial charge in [0.1, 0.15) is 17.6 Å². The van der Waals surface area contributed by atoms with Crippen molar-refractivity contribution in [2.45, 2.75) is 52.4 Å². The van der Waals surface area contributed by atoms with Crippen LogP contribution in [0.2, 0.25) is 0 Å². The van der Waals surface area contributed by atoms with E-state index in [2.05, 4.69) is 22.0 Å². The van der Waals surface area contributed by atoms with Gasteiger partial charge in [-0.15, -0.1) is 5.48 Å². The number of aromatic nitrogens is 2. The van der Waals surface area contributed by atoms with E-state index in [-0.39, 0.29) is 17.9 Å². The SMILES string of the molecule is CC(C)(C)C(=O)ONCc1cccc(-n2nc(C(F)(F)F)cc2C(=O)Nc2cc(C(OCC3CC3)c3cccc(C#N)c3)ccc2F)c1. The van der Waals surface area contributed by atoms with Crippen LogP contribution in [0.5, 0.6) is 0 Å². The number of ether oxygens (including phenoxy) is 1. The Morgan fingerprint density at radius 2 is 1.75 bits per heavy atom. The van der Waals surface area contributed by atoms with Gasteiger partial charge in [0.2, 0.25) is 0 Å². The van der Waals surface area contributed by atoms with Gasteiger partial charge in [0.15, 0.2) is 5.69 Å². The molecule has 48 heavy (non-hydrogen) atoms. The lowest BCUT2D eigenvalue weighted by molar-refractivity contribution is -0.161. The van der Waals surface area contributed by atoms with Crippen LogP contribution in [0.3, 0.4) is 0 Å². The largest absolute Gasteiger partial charge is 0.435 e. The third kappa shape index (κ3) is 8.44. The number of anilines is 1. The van der Waals surface area contributed by atoms with Crippen LogP contribution in [0.4, 0.5) is 23.2 Å². The summed E-state index contributed by atoms with van der Waals surface area (Å²) >= 11 is 0. The summed E-state index contributed by atoms with van der Waals surface area (Å²) < 4.78 is 63.5. The van der Waals surface area contributed by atoms with Gasteiger partial charge in [0, 0.05) is 6.07 Å². The van der Waals surface area contributed by atoms with Crippen LogP contribution in [0.1, 0.15) is 78.2 Å². The Kier molecular flexibility index (Phi) is 9.98. The van der Waals surface area contributed by atoms with Gasteiger partial charge in [0.25, 0.3) is 5.91 Å². The number of hydrogen-bond donors (Lipinski definition) is 2. The van der Waals surface area contributed by atoms with E-state index in [9.17, 15) is 28.0 Å². The zero-order valence-electron chi connectivity index (χ0n) is 26.4. The van der Waals surface area contributed by atoms with Crippen LogP contribution >= 0.6 is 0 Å². The molecule has 13 heteroatoms. The summed E-state index contributed by atoms with van der Waals surface area (Å²) in [6.45, 7) is 5.49. The molecule has 0 saturated heterocycles. The fourth-order valence-corrected chi connectivity index (χ4v) is 4.68. The fourth-order valence-electron chi connectivity index (χ4n) is 4.68. The second kappa shape index (κ2) is 14.0. The molecule has 3 aromatic carbocycles. The van der Waals surface area contributed by atoms with Crippen molar-refractivity contribution in [1.82, 2.24) is 15.3 Å². The van der Waals surface area contributed by atoms with E-state index in [1.165, 1.54) is 24.3 Å². The molecule has 1 saturated carbocycles. The number of alkyl halides is 3. The normalized spacial score (nSPS) is 13.9. The van der Waals surface area contributed by atoms with Crippen molar-refractivity contribution < 1.29 is 36.7 Å². The first-order valence-corrected chi connectivity index (χ1v) is 15.2. The van der Waals surface area contributed by atoms with Crippen LogP contribution < -0.4 is 10.8 Å². The van der Waals surface area contributed by atoms with Gasteiger partial charge in [-0.3, -0.25) is 4.79 Å². The fraction of sp³-hybridized carbons (Fsp3) is 0.314. The van der Waals surface area contributed by atoms with Crippen molar-refractivity contribution in [1.29, 1.82) is 5.26 Å². The number of amides is 1. The maximum atomic E-state index is 15.1. The Bertz CT molecular complexity index is 1850. The molecular formula is C35H33F4N5O4. The van der Waals surface area contributed by atoms with E-state index in [0.717, 1.165) is 23.6 Å². The van der Waals surface area contributed by atoms with Gasteiger partial charge < -0.3 is 14.9 Å². The van der Waals surface area contributed by atoms with E-state index < -0.39 is 46.8 Å². The maximum absolute atomic E-state index is 15.1. The molecule has 0 aliphatic heterocycles. The quantitative estimate of drug-likeness (QED) is 0.128. The number of rotatable bonds is 11. The summed E-state index contributed by atoms with van der Waals surface area (Å²) in [6.07, 6.45) is -3.53. The predicted octanol–water partition coefficient (Wildman–Crippen LogP) is 7.26. The van der Waals surface area contributed by atoms with E-state index in [1.807, 2.05) is 0 Å². The van der Waals surface area contributed by atoms with E-state index in [4.69, 9.17) is 9.57 Å². The lowest BCUT2D eigenvalue weighted by Crippen LogP contribution is -2.29. The summed E-state index contributed by atoms with van der Waals surface area (Å²) in [7, 11) is 0. The highest BCUT2D eigenvalue weighted by molar-refractivity contribution is 6.03. The molecule has 4 aromatic rings. The number of carbonyl (C=O) groups excluding carboxylic acids is 2. The highest BCUT2D eigenvalue weighted by Crippen LogP contribution is 2.35. The first-order chi connectivity index (χ1) is 22.7. The number of nitrogens with zero attached hydrogens (tertiary/aromatic N) is 3. The molecule has 0 spiro atoms. The summed E-state index contributed by atoms with van der Waals surface area (Å²) in [5.74, 6) is -1.98. The van der Waals surface area contributed by atoms with E-state index >= 15 is 4.39 Å². The number of carbonyl (C=O) groups is 2. The van der Waals surface area contributed by atoms with Crippen LogP contribution in [0, 0.1) is 28.5 Å². The summed E-state index contributed by atoms with van der Waals surface area (Å²) in [6, 6.07) is 19.5. The number of halogens is 4. The molecule has 1 heterocycles. The Morgan fingerprint density at radius 3 is 2.44 bits per heavy atom. The molecule has 5 rings (SSSR count). The van der Waals surface area contributed by atoms with Crippen LogP contribution in [0.15, 0.2) is 72.8 Å². The van der Waals surface area contributed by atoms with Crippen molar-refractivity contribution in [3.8, 4) is 11.8 Å². The van der Waals surface area contributed by atoms with Crippen molar-refractivity contribution in [3.63, 3.8) is 0 Å². The Morgan fingerprint density at radius 1 is 1.02 bits per heavy atom. The molecule has 1 amide bonds. The van der Waals surface area contributed by atoms with Crippen molar-refractivity contribution in [2.75, 3.05) is 11.9 Å². The van der Waals surface area contributed by atoms with Crippen molar-refractivity contribution >= 4 is 17.6 Å². The molecule has 1 atom stereocenters. The number of hydroxylamine groups is 1. The molecule has 0 radical (unpaired) electrons. The Balaban J connectivity index is 1.43. The monoisotopic (exact) mass is 663 g/mol. The number of nitrogens with one attached hydrogen (secondary N) is 2. The summed E-state index contributed by atoms with van der Waals surface area (Å²) in [5, 5.41) is 15.5. The van der Waals surface area contributed by atoms with Gasteiger partial charge in [-0.25, -0.2) is 13.9 Å². The summed E-state index contributed by atoms with van der Waals surface area (Å²) in [4.78, 5) is 30.7. The standard InChI is InChI=1S/C35H33F4N5O4/c1-34(2,3)33(46)48-41-19-23-7-5-9-26(15-23)44-29(17-30(43-44)35(37,38)39)32(45)42-28-16-25(12-13-27(28)36)31(47-20-21-10-11-21)24-8-4-6-22(14-24)18-40/h4-9,12-17,21,31,41H,10-11,19-20H2,1-3H3,(H,42,45). The number of nitriles is 1. The van der Waals surface area contributed by atoms with Crippen LogP contribution in [-0.2, 0) is 27.1 Å². The molecule has 1 aromatic heterocycles. The smallest absolute Gasteiger partial charge is 0.370 e. The van der Waals surface area contributed by atoms with E-state index in [0.29, 0.717) is 40.8 Å². The molecule has 2 N–H and O–H groups in total. The van der Waals surface area contributed by atoms with Gasteiger partial charge in [0.05, 0.1) is 41.6 Å². The highest BCUT2D eigenvalue weighted by Gasteiger charge is 2.36. The molecule has 1 aliphatic rings. The van der Waals surface area contributed by atoms with E-state index in [1.54, 1.807) is 57.2 Å². The van der Waals surface area contributed by atoms with Crippen molar-refractivity contribution in [2.24, 2.45) is 11.3 Å². The second-order valence-corrected chi connectivity index (χ2v) is 12.5. The average molecular weight is 664 g/mol. The van der Waals surface area contributed by atoms with Gasteiger partial charge in [-0.1, -0.05) is 30.3 Å². The molecule has 1 unspecified atom stereocenters. The van der Waals surface area contributed by atoms with Gasteiger partial charge in [-0.2, -0.15) is 23.5 Å². The molecule has 0 bridgehead atoms. The topological polar surface area (TPSA) is 118 Å². The maximum Gasteiger partial charge on any atom is 0.435 e. The third-order valence-electron chi connectivity index (χ3n) is 7.50. The third-order valence-corrected chi connectivity index (χ3v) is 7.50. The lowest BCUT2D eigenvalue weighted by Gasteiger charge is -2.20. The number of benzene rings is 3. The van der Waals surface area contributed by atoms with Gasteiger partial charge >= 0.3 is 12.1 Å². The molecule has 1 fully saturated rings. The molecule has 9 nitrogen and oxygen atoms in total. The van der Waals surface area contributed by atoms with Crippen LogP contribution in [-0.4, -0.2) is 28.3 Å². The first-order valence-electron chi connectivity index (χ1n) is 15.2. The lowest BCUT2D eigenvalue weighted by atomic mass is 9.98. The highest BCUT2D eigenvalue weighted by atomic mass is 19.4. The predicted molar refractivity (Wildman–Crippen MR) is 167 cm³/mol. The van der Waals surface area contributed by atoms with Crippen molar-refractivity contribution in [3.05, 3.63) is 112 Å². The minimum Gasteiger partial charge on any atom is -0.370 e. The minimum absolute atomic E-state index is 0.0177. The average Bonchev–Trinajstić information content (AvgIpc) is 3.75. The zero-order chi connectivity index (χ0) is 34.6. The van der Waals surface area contributed by atoms with Crippen LogP contribution in [0.25, 0.3) is 5.69 Å².